The molecule has 0 aliphatic rings. The minimum atomic E-state index is -0.564. The largest absolute Gasteiger partial charge is 0.399 e. The summed E-state index contributed by atoms with van der Waals surface area (Å²) in [6.07, 6.45) is -0.564. The fourth-order valence-corrected chi connectivity index (χ4v) is 3.43. The number of nitrogen functional groups attached to an aromatic ring is 1. The summed E-state index contributed by atoms with van der Waals surface area (Å²) in [6, 6.07) is 5.34. The van der Waals surface area contributed by atoms with Crippen LogP contribution in [0.2, 0.25) is 5.02 Å². The van der Waals surface area contributed by atoms with Gasteiger partial charge in [-0.1, -0.05) is 25.4 Å². The van der Waals surface area contributed by atoms with E-state index in [0.29, 0.717) is 33.4 Å². The maximum atomic E-state index is 9.73. The molecule has 0 saturated carbocycles. The topological polar surface area (TPSA) is 117 Å². The second kappa shape index (κ2) is 8.42. The molecule has 0 saturated heterocycles. The summed E-state index contributed by atoms with van der Waals surface area (Å²) in [7, 11) is 0. The average Bonchev–Trinajstić information content (AvgIpc) is 3.03. The molecule has 1 atom stereocenters. The molecule has 0 aliphatic carbocycles. The molecule has 0 aliphatic heterocycles. The highest BCUT2D eigenvalue weighted by Crippen LogP contribution is 2.30. The molecule has 2 heterocycles. The molecular formula is C20H28ClN7O. The smallest absolute Gasteiger partial charge is 0.227 e. The third kappa shape index (κ3) is 4.54. The van der Waals surface area contributed by atoms with Gasteiger partial charge in [0.2, 0.25) is 5.62 Å². The number of H-pyrrole nitrogens is 1. The van der Waals surface area contributed by atoms with Gasteiger partial charge in [0.05, 0.1) is 23.9 Å². The Labute approximate surface area is 174 Å². The van der Waals surface area contributed by atoms with Gasteiger partial charge < -0.3 is 20.7 Å². The predicted molar refractivity (Wildman–Crippen MR) is 118 cm³/mol. The van der Waals surface area contributed by atoms with Crippen molar-refractivity contribution in [1.29, 1.82) is 0 Å². The summed E-state index contributed by atoms with van der Waals surface area (Å²) >= 11 is 6.15. The highest BCUT2D eigenvalue weighted by atomic mass is 35.5. The number of hydrogen-bond acceptors (Lipinski definition) is 6. The Morgan fingerprint density at radius 1 is 1.24 bits per heavy atom. The zero-order chi connectivity index (χ0) is 21.3. The van der Waals surface area contributed by atoms with Crippen LogP contribution in [0.5, 0.6) is 0 Å². The summed E-state index contributed by atoms with van der Waals surface area (Å²) in [5.74, 6) is 0.776. The number of aromatic nitrogens is 4. The van der Waals surface area contributed by atoms with Crippen molar-refractivity contribution in [2.45, 2.75) is 52.7 Å². The van der Waals surface area contributed by atoms with Gasteiger partial charge in [0.15, 0.2) is 11.3 Å². The summed E-state index contributed by atoms with van der Waals surface area (Å²) in [5.41, 5.74) is 10.3. The standard InChI is InChI=1S/C20H28ClN7O/c1-10(2)16-18-17(27-26-16)19(24-15-7-13(21)6-14(22)8-15)25-20(23-9-12(5)29)28(18)11(3)4/h6-8,10-12,29H,9,22H2,1-5H3,(H,26,27)(H,23,24,25). The number of aromatic amines is 1. The van der Waals surface area contributed by atoms with Crippen LogP contribution < -0.4 is 16.7 Å². The average molecular weight is 418 g/mol. The molecule has 1 unspecified atom stereocenters. The maximum Gasteiger partial charge on any atom is 0.227 e. The lowest BCUT2D eigenvalue weighted by Crippen LogP contribution is -2.29. The Bertz CT molecular complexity index is 1060. The number of aliphatic hydroxyl groups excluding tert-OH is 1. The van der Waals surface area contributed by atoms with Crippen molar-refractivity contribution in [3.63, 3.8) is 0 Å². The van der Waals surface area contributed by atoms with E-state index in [2.05, 4.69) is 48.2 Å². The van der Waals surface area contributed by atoms with Crippen LogP contribution in [0.3, 0.4) is 0 Å². The lowest BCUT2D eigenvalue weighted by molar-refractivity contribution is 0.202. The van der Waals surface area contributed by atoms with Crippen molar-refractivity contribution in [3.05, 3.63) is 34.5 Å². The zero-order valence-electron chi connectivity index (χ0n) is 17.4. The monoisotopic (exact) mass is 417 g/mol. The molecule has 5 N–H and O–H groups in total. The predicted octanol–water partition coefficient (Wildman–Crippen LogP) is 3.72. The lowest BCUT2D eigenvalue weighted by atomic mass is 10.1. The molecule has 0 radical (unpaired) electrons. The van der Waals surface area contributed by atoms with Gasteiger partial charge in [0.25, 0.3) is 0 Å². The Morgan fingerprint density at radius 2 is 1.97 bits per heavy atom. The summed E-state index contributed by atoms with van der Waals surface area (Å²) < 4.78 is 2.05. The first kappa shape index (κ1) is 21.1. The molecule has 3 aromatic rings. The molecule has 156 valence electrons. The van der Waals surface area contributed by atoms with Crippen molar-refractivity contribution in [2.75, 3.05) is 17.6 Å². The first-order chi connectivity index (χ1) is 13.7. The van der Waals surface area contributed by atoms with Crippen LogP contribution in [0.4, 0.5) is 17.2 Å². The second-order valence-electron chi connectivity index (χ2n) is 7.80. The lowest BCUT2D eigenvalue weighted by Gasteiger charge is -2.17. The van der Waals surface area contributed by atoms with Gasteiger partial charge in [-0.2, -0.15) is 10.1 Å². The van der Waals surface area contributed by atoms with E-state index in [1.165, 1.54) is 0 Å². The molecule has 2 aromatic heterocycles. The molecule has 0 bridgehead atoms. The molecular weight excluding hydrogens is 390 g/mol. The third-order valence-electron chi connectivity index (χ3n) is 4.43. The van der Waals surface area contributed by atoms with Gasteiger partial charge in [0, 0.05) is 22.4 Å². The van der Waals surface area contributed by atoms with Crippen molar-refractivity contribution < 1.29 is 5.11 Å². The first-order valence-corrected chi connectivity index (χ1v) is 10.1. The first-order valence-electron chi connectivity index (χ1n) is 9.69. The quantitative estimate of drug-likeness (QED) is 0.456. The number of rotatable bonds is 6. The van der Waals surface area contributed by atoms with Gasteiger partial charge in [-0.25, -0.2) is 4.99 Å². The number of benzene rings is 1. The van der Waals surface area contributed by atoms with Crippen molar-refractivity contribution in [3.8, 4) is 0 Å². The number of nitrogens with zero attached hydrogens (tertiary/aromatic N) is 4. The van der Waals surface area contributed by atoms with Gasteiger partial charge in [-0.3, -0.25) is 5.10 Å². The van der Waals surface area contributed by atoms with E-state index in [0.717, 1.165) is 11.2 Å². The Hall–Kier alpha value is -2.58. The van der Waals surface area contributed by atoms with Crippen LogP contribution in [0.15, 0.2) is 23.2 Å². The molecule has 8 nitrogen and oxygen atoms in total. The summed E-state index contributed by atoms with van der Waals surface area (Å²) in [4.78, 5) is 9.29. The minimum absolute atomic E-state index is 0.101. The van der Waals surface area contributed by atoms with Gasteiger partial charge >= 0.3 is 0 Å². The van der Waals surface area contributed by atoms with Crippen LogP contribution in [0.1, 0.15) is 52.3 Å². The Morgan fingerprint density at radius 3 is 2.55 bits per heavy atom. The van der Waals surface area contributed by atoms with Crippen molar-refractivity contribution in [1.82, 2.24) is 19.7 Å². The van der Waals surface area contributed by atoms with E-state index in [9.17, 15) is 5.11 Å². The maximum absolute atomic E-state index is 9.73. The molecule has 9 heteroatoms. The summed E-state index contributed by atoms with van der Waals surface area (Å²) in [5, 5.41) is 21.2. The molecule has 0 spiro atoms. The van der Waals surface area contributed by atoms with Gasteiger partial charge in [0.1, 0.15) is 0 Å². The summed E-state index contributed by atoms with van der Waals surface area (Å²) in [6.45, 7) is 10.3. The van der Waals surface area contributed by atoms with Gasteiger partial charge in [-0.05, 0) is 44.9 Å². The van der Waals surface area contributed by atoms with E-state index >= 15 is 0 Å². The molecule has 0 amide bonds. The number of anilines is 3. The third-order valence-corrected chi connectivity index (χ3v) is 4.65. The SMILES string of the molecule is CC(O)CN=c1nc(Nc2cc(N)cc(Cl)c2)c2n[nH]c(C(C)C)c2n1C(C)C. The normalized spacial score (nSPS) is 13.6. The van der Waals surface area contributed by atoms with Crippen LogP contribution >= 0.6 is 11.6 Å². The van der Waals surface area contributed by atoms with E-state index in [1.807, 2.05) is 4.57 Å². The van der Waals surface area contributed by atoms with E-state index < -0.39 is 6.10 Å². The van der Waals surface area contributed by atoms with E-state index in [-0.39, 0.29) is 18.5 Å². The van der Waals surface area contributed by atoms with Crippen LogP contribution in [0, 0.1) is 0 Å². The number of nitrogens with one attached hydrogen (secondary N) is 2. The highest BCUT2D eigenvalue weighted by Gasteiger charge is 2.20. The fraction of sp³-hybridized carbons (Fsp3) is 0.450. The second-order valence-corrected chi connectivity index (χ2v) is 8.24. The molecule has 29 heavy (non-hydrogen) atoms. The van der Waals surface area contributed by atoms with Crippen molar-refractivity contribution >= 4 is 39.8 Å². The van der Waals surface area contributed by atoms with Crippen LogP contribution in [-0.4, -0.2) is 37.5 Å². The van der Waals surface area contributed by atoms with E-state index in [1.54, 1.807) is 25.1 Å². The Balaban J connectivity index is 2.29. The number of hydrogen-bond donors (Lipinski definition) is 4. The molecule has 1 aromatic carbocycles. The fourth-order valence-electron chi connectivity index (χ4n) is 3.19. The van der Waals surface area contributed by atoms with E-state index in [4.69, 9.17) is 22.3 Å². The molecule has 0 fully saturated rings. The number of halogens is 1. The molecule has 3 rings (SSSR count). The van der Waals surface area contributed by atoms with Crippen molar-refractivity contribution in [2.24, 2.45) is 4.99 Å². The highest BCUT2D eigenvalue weighted by molar-refractivity contribution is 6.31. The number of fused-ring (bicyclic) bond motifs is 1. The number of aliphatic hydroxyl groups is 1. The van der Waals surface area contributed by atoms with Crippen LogP contribution in [0.25, 0.3) is 11.0 Å². The van der Waals surface area contributed by atoms with Gasteiger partial charge in [-0.15, -0.1) is 0 Å². The minimum Gasteiger partial charge on any atom is -0.399 e. The zero-order valence-corrected chi connectivity index (χ0v) is 18.1. The van der Waals surface area contributed by atoms with Crippen LogP contribution in [-0.2, 0) is 0 Å². The Kier molecular flexibility index (Phi) is 6.14. The number of nitrogens with two attached hydrogens (primary N) is 1.